The minimum atomic E-state index is -4.89. The van der Waals surface area contributed by atoms with Gasteiger partial charge < -0.3 is 19.5 Å². The van der Waals surface area contributed by atoms with Gasteiger partial charge in [-0.15, -0.1) is 13.2 Å². The van der Waals surface area contributed by atoms with E-state index >= 15 is 0 Å². The largest absolute Gasteiger partial charge is 0.573 e. The highest BCUT2D eigenvalue weighted by Gasteiger charge is 2.41. The fourth-order valence-electron chi connectivity index (χ4n) is 4.29. The fourth-order valence-corrected chi connectivity index (χ4v) is 6.60. The number of nitrogens with zero attached hydrogens (tertiary/aromatic N) is 1. The zero-order chi connectivity index (χ0) is 25.5. The van der Waals surface area contributed by atoms with Gasteiger partial charge in [0.05, 0.1) is 47.7 Å². The van der Waals surface area contributed by atoms with Gasteiger partial charge in [0.1, 0.15) is 5.75 Å². The summed E-state index contributed by atoms with van der Waals surface area (Å²) in [5, 5.41) is 11.3. The van der Waals surface area contributed by atoms with Crippen LogP contribution < -0.4 is 14.4 Å². The molecule has 0 aliphatic carbocycles. The van der Waals surface area contributed by atoms with Crippen LogP contribution in [0.25, 0.3) is 0 Å². The van der Waals surface area contributed by atoms with Crippen molar-refractivity contribution in [1.29, 1.82) is 0 Å². The second-order valence-corrected chi connectivity index (χ2v) is 11.0. The smallest absolute Gasteiger partial charge is 0.406 e. The van der Waals surface area contributed by atoms with Crippen molar-refractivity contribution in [3.8, 4) is 5.75 Å². The summed E-state index contributed by atoms with van der Waals surface area (Å²) in [6.45, 7) is 0.0915. The van der Waals surface area contributed by atoms with E-state index in [0.29, 0.717) is 0 Å². The Bertz CT molecular complexity index is 1310. The lowest BCUT2D eigenvalue weighted by Crippen LogP contribution is -2.60. The van der Waals surface area contributed by atoms with Crippen molar-refractivity contribution >= 4 is 33.2 Å². The van der Waals surface area contributed by atoms with Crippen LogP contribution in [0.3, 0.4) is 0 Å². The van der Waals surface area contributed by atoms with Gasteiger partial charge in [0.15, 0.2) is 0 Å². The van der Waals surface area contributed by atoms with E-state index in [1.165, 1.54) is 0 Å². The van der Waals surface area contributed by atoms with Crippen LogP contribution in [0.2, 0.25) is 0 Å². The van der Waals surface area contributed by atoms with Crippen LogP contribution in [0.15, 0.2) is 87.5 Å². The molecule has 0 amide bonds. The predicted molar refractivity (Wildman–Crippen MR) is 127 cm³/mol. The van der Waals surface area contributed by atoms with Gasteiger partial charge in [-0.05, 0) is 48.5 Å². The number of nitrogens with one attached hydrogen (secondary N) is 1. The molecule has 3 atom stereocenters. The standard InChI is InChI=1S/C24H21F3N2O5S2/c25-24(26,27)34-15-9-11-16(12-10-15)36(31,32)28-17-13-33-14-20(23(17)30)29-18-5-1-3-7-21(18)35-22-8-4-2-6-19(22)29/h1-12,17,20,23,28,30H,13-14H2/t17-,20+,23?/m0/s1. The van der Waals surface area contributed by atoms with Gasteiger partial charge in [0, 0.05) is 9.79 Å². The second kappa shape index (κ2) is 9.60. The molecule has 5 rings (SSSR count). The van der Waals surface area contributed by atoms with E-state index in [-0.39, 0.29) is 18.1 Å². The molecule has 0 bridgehead atoms. The number of aliphatic hydroxyl groups is 1. The quantitative estimate of drug-likeness (QED) is 0.501. The van der Waals surface area contributed by atoms with E-state index in [9.17, 15) is 26.7 Å². The number of ether oxygens (including phenoxy) is 2. The molecule has 1 unspecified atom stereocenters. The highest BCUT2D eigenvalue weighted by molar-refractivity contribution is 7.99. The maximum atomic E-state index is 13.0. The lowest BCUT2D eigenvalue weighted by Gasteiger charge is -2.44. The number of fused-ring (bicyclic) bond motifs is 2. The number of benzene rings is 3. The SMILES string of the molecule is O=S(=O)(N[C@H]1COC[C@@H](N2c3ccccc3Sc3ccccc32)C1O)c1ccc(OC(F)(F)F)cc1. The van der Waals surface area contributed by atoms with Crippen LogP contribution in [0, 0.1) is 0 Å². The number of aliphatic hydroxyl groups excluding tert-OH is 1. The summed E-state index contributed by atoms with van der Waals surface area (Å²) in [6.07, 6.45) is -6.04. The summed E-state index contributed by atoms with van der Waals surface area (Å²) in [5.41, 5.74) is 1.75. The van der Waals surface area contributed by atoms with Crippen LogP contribution in [-0.2, 0) is 14.8 Å². The number of rotatable bonds is 5. The molecular formula is C24H21F3N2O5S2. The van der Waals surface area contributed by atoms with Crippen LogP contribution in [-0.4, -0.2) is 51.3 Å². The maximum Gasteiger partial charge on any atom is 0.573 e. The van der Waals surface area contributed by atoms with Crippen molar-refractivity contribution in [2.24, 2.45) is 0 Å². The molecule has 0 radical (unpaired) electrons. The molecule has 3 aromatic rings. The van der Waals surface area contributed by atoms with E-state index in [4.69, 9.17) is 4.74 Å². The first-order valence-corrected chi connectivity index (χ1v) is 13.2. The molecule has 0 spiro atoms. The van der Waals surface area contributed by atoms with E-state index in [1.807, 2.05) is 53.4 Å². The monoisotopic (exact) mass is 538 g/mol. The average Bonchev–Trinajstić information content (AvgIpc) is 2.83. The number of sulfonamides is 1. The van der Waals surface area contributed by atoms with Crippen molar-refractivity contribution in [3.63, 3.8) is 0 Å². The predicted octanol–water partition coefficient (Wildman–Crippen LogP) is 4.29. The summed E-state index contributed by atoms with van der Waals surface area (Å²) < 4.78 is 75.1. The van der Waals surface area contributed by atoms with Gasteiger partial charge >= 0.3 is 6.36 Å². The molecule has 2 aliphatic rings. The molecule has 2 N–H and O–H groups in total. The van der Waals surface area contributed by atoms with E-state index < -0.39 is 40.3 Å². The van der Waals surface area contributed by atoms with Gasteiger partial charge in [-0.25, -0.2) is 13.1 Å². The zero-order valence-electron chi connectivity index (χ0n) is 18.6. The van der Waals surface area contributed by atoms with Gasteiger partial charge in [0.25, 0.3) is 0 Å². The van der Waals surface area contributed by atoms with Gasteiger partial charge in [-0.3, -0.25) is 0 Å². The van der Waals surface area contributed by atoms with Crippen LogP contribution >= 0.6 is 11.8 Å². The fraction of sp³-hybridized carbons (Fsp3) is 0.250. The van der Waals surface area contributed by atoms with Crippen molar-refractivity contribution in [2.45, 2.75) is 39.2 Å². The van der Waals surface area contributed by atoms with Crippen LogP contribution in [0.5, 0.6) is 5.75 Å². The van der Waals surface area contributed by atoms with Crippen molar-refractivity contribution in [3.05, 3.63) is 72.8 Å². The number of alkyl halides is 3. The third-order valence-electron chi connectivity index (χ3n) is 5.87. The molecule has 0 saturated carbocycles. The summed E-state index contributed by atoms with van der Waals surface area (Å²) in [4.78, 5) is 3.69. The van der Waals surface area contributed by atoms with Crippen LogP contribution in [0.4, 0.5) is 24.5 Å². The minimum absolute atomic E-state index is 0.0714. The molecule has 3 aromatic carbocycles. The Balaban J connectivity index is 1.39. The topological polar surface area (TPSA) is 88.1 Å². The molecule has 2 heterocycles. The Morgan fingerprint density at radius 3 is 2.11 bits per heavy atom. The Kier molecular flexibility index (Phi) is 6.64. The Morgan fingerprint density at radius 2 is 1.53 bits per heavy atom. The molecule has 7 nitrogen and oxygen atoms in total. The number of anilines is 2. The van der Waals surface area contributed by atoms with Gasteiger partial charge in [0.2, 0.25) is 10.0 Å². The highest BCUT2D eigenvalue weighted by Crippen LogP contribution is 2.49. The summed E-state index contributed by atoms with van der Waals surface area (Å²) >= 11 is 1.61. The van der Waals surface area contributed by atoms with E-state index in [1.54, 1.807) is 11.8 Å². The van der Waals surface area contributed by atoms with Gasteiger partial charge in [-0.1, -0.05) is 36.0 Å². The molecule has 1 fully saturated rings. The molecule has 2 aliphatic heterocycles. The highest BCUT2D eigenvalue weighted by atomic mass is 32.2. The minimum Gasteiger partial charge on any atom is -0.406 e. The first kappa shape index (κ1) is 24.9. The number of halogens is 3. The molecule has 36 heavy (non-hydrogen) atoms. The molecule has 190 valence electrons. The summed E-state index contributed by atoms with van der Waals surface area (Å²) in [7, 11) is -4.18. The Labute approximate surface area is 209 Å². The second-order valence-electron chi connectivity index (χ2n) is 8.25. The van der Waals surface area contributed by atoms with Crippen molar-refractivity contribution in [2.75, 3.05) is 18.1 Å². The van der Waals surface area contributed by atoms with Crippen LogP contribution in [0.1, 0.15) is 0 Å². The third kappa shape index (κ3) is 5.04. The Morgan fingerprint density at radius 1 is 0.944 bits per heavy atom. The third-order valence-corrected chi connectivity index (χ3v) is 8.50. The first-order chi connectivity index (χ1) is 17.1. The van der Waals surface area contributed by atoms with E-state index in [2.05, 4.69) is 9.46 Å². The van der Waals surface area contributed by atoms with Crippen molar-refractivity contribution in [1.82, 2.24) is 4.72 Å². The van der Waals surface area contributed by atoms with Crippen molar-refractivity contribution < 1.29 is 36.2 Å². The van der Waals surface area contributed by atoms with Gasteiger partial charge in [-0.2, -0.15) is 0 Å². The van der Waals surface area contributed by atoms with E-state index in [0.717, 1.165) is 45.4 Å². The number of para-hydroxylation sites is 2. The lowest BCUT2D eigenvalue weighted by atomic mass is 9.99. The zero-order valence-corrected chi connectivity index (χ0v) is 20.2. The first-order valence-electron chi connectivity index (χ1n) is 10.9. The molecule has 1 saturated heterocycles. The maximum absolute atomic E-state index is 13.0. The lowest BCUT2D eigenvalue weighted by molar-refractivity contribution is -0.274. The molecular weight excluding hydrogens is 517 g/mol. The number of hydrogen-bond donors (Lipinski definition) is 2. The normalized spacial score (nSPS) is 22.0. The number of hydrogen-bond acceptors (Lipinski definition) is 7. The molecule has 12 heteroatoms. The summed E-state index contributed by atoms with van der Waals surface area (Å²) in [5.74, 6) is -0.539. The summed E-state index contributed by atoms with van der Waals surface area (Å²) in [6, 6.07) is 17.7. The Hall–Kier alpha value is -2.77. The average molecular weight is 539 g/mol. The molecule has 0 aromatic heterocycles.